The third-order valence-electron chi connectivity index (χ3n) is 8.29. The number of hydrogen-bond acceptors (Lipinski definition) is 7. The number of rotatable bonds is 13. The lowest BCUT2D eigenvalue weighted by atomic mass is 9.72. The molecule has 1 saturated carbocycles. The van der Waals surface area contributed by atoms with Crippen LogP contribution < -0.4 is 16.0 Å². The van der Waals surface area contributed by atoms with E-state index in [4.69, 9.17) is 0 Å². The lowest BCUT2D eigenvalue weighted by Gasteiger charge is -2.47. The van der Waals surface area contributed by atoms with Crippen LogP contribution in [0.3, 0.4) is 0 Å². The smallest absolute Gasteiger partial charge is 0.271 e. The molecule has 3 amide bonds. The minimum Gasteiger partial charge on any atom is -0.390 e. The Morgan fingerprint density at radius 3 is 2.51 bits per heavy atom. The van der Waals surface area contributed by atoms with Gasteiger partial charge in [0.1, 0.15) is 5.69 Å². The maximum Gasteiger partial charge on any atom is 0.271 e. The van der Waals surface area contributed by atoms with E-state index in [0.717, 1.165) is 49.2 Å². The van der Waals surface area contributed by atoms with Gasteiger partial charge in [0.15, 0.2) is 0 Å². The van der Waals surface area contributed by atoms with E-state index >= 15 is 0 Å². The number of aliphatic hydroxyl groups is 1. The van der Waals surface area contributed by atoms with Crippen molar-refractivity contribution in [2.45, 2.75) is 117 Å². The zero-order valence-corrected chi connectivity index (χ0v) is 27.8. The molecule has 2 aliphatic rings. The molecule has 1 aromatic rings. The fraction of sp³-hybridized carbons (Fsp3) is 0.697. The van der Waals surface area contributed by atoms with E-state index in [0.29, 0.717) is 18.3 Å². The van der Waals surface area contributed by atoms with E-state index in [1.54, 1.807) is 5.38 Å². The average Bonchev–Trinajstić information content (AvgIpc) is 3.39. The Morgan fingerprint density at radius 2 is 1.88 bits per heavy atom. The second-order valence-corrected chi connectivity index (χ2v) is 14.2. The number of β-amino-alcohol motifs (C(OH)–C–C–N with tert-alkyl or cyclic N) is 1. The highest BCUT2D eigenvalue weighted by Gasteiger charge is 2.41. The van der Waals surface area contributed by atoms with Gasteiger partial charge in [0, 0.05) is 24.0 Å². The van der Waals surface area contributed by atoms with Crippen molar-refractivity contribution >= 4 is 29.1 Å². The van der Waals surface area contributed by atoms with Gasteiger partial charge in [-0.3, -0.25) is 19.3 Å². The second-order valence-electron chi connectivity index (χ2n) is 13.1. The van der Waals surface area contributed by atoms with Crippen molar-refractivity contribution in [3.05, 3.63) is 39.9 Å². The van der Waals surface area contributed by atoms with Gasteiger partial charge in [0.2, 0.25) is 11.8 Å². The molecule has 5 atom stereocenters. The number of aryl methyl sites for hydroxylation is 1. The monoisotopic (exact) mass is 615 g/mol. The van der Waals surface area contributed by atoms with Gasteiger partial charge in [0.25, 0.3) is 5.91 Å². The first-order chi connectivity index (χ1) is 20.4. The van der Waals surface area contributed by atoms with Crippen LogP contribution in [0.4, 0.5) is 0 Å². The summed E-state index contributed by atoms with van der Waals surface area (Å²) in [6.07, 6.45) is 13.0. The summed E-state index contributed by atoms with van der Waals surface area (Å²) in [5, 5.41) is 23.0. The van der Waals surface area contributed by atoms with Gasteiger partial charge >= 0.3 is 0 Å². The van der Waals surface area contributed by atoms with Crippen molar-refractivity contribution in [3.63, 3.8) is 0 Å². The number of amides is 3. The molecule has 43 heavy (non-hydrogen) atoms. The topological polar surface area (TPSA) is 124 Å². The van der Waals surface area contributed by atoms with Crippen molar-refractivity contribution in [1.29, 1.82) is 0 Å². The number of carbonyl (C=O) groups is 3. The normalized spacial score (nSPS) is 23.0. The molecule has 9 nitrogen and oxygen atoms in total. The van der Waals surface area contributed by atoms with Crippen LogP contribution in [0, 0.1) is 18.8 Å². The first kappa shape index (κ1) is 34.9. The van der Waals surface area contributed by atoms with E-state index in [2.05, 4.69) is 57.9 Å². The molecule has 4 N–H and O–H groups in total. The predicted octanol–water partition coefficient (Wildman–Crippen LogP) is 4.52. The molecule has 0 spiro atoms. The van der Waals surface area contributed by atoms with Gasteiger partial charge in [0.05, 0.1) is 29.7 Å². The van der Waals surface area contributed by atoms with Crippen molar-refractivity contribution in [1.82, 2.24) is 25.8 Å². The third kappa shape index (κ3) is 11.1. The third-order valence-corrected chi connectivity index (χ3v) is 9.06. The zero-order valence-electron chi connectivity index (χ0n) is 26.9. The van der Waals surface area contributed by atoms with Crippen LogP contribution in [-0.4, -0.2) is 76.1 Å². The minimum atomic E-state index is -0.916. The van der Waals surface area contributed by atoms with Crippen LogP contribution in [0.25, 0.3) is 0 Å². The number of carbonyl (C=O) groups excluding carboxylic acids is 3. The molecular formula is C33H53N5O4S. The fourth-order valence-corrected chi connectivity index (χ4v) is 6.85. The SMILES string of the molecule is CC/C=C\C(=C/CC)CC(NC(=O)CNC(=O)c1csc(C)n1)C(O)CN1CC2CCCCC2CC1C(=O)NC(C)(C)C. The van der Waals surface area contributed by atoms with E-state index in [-0.39, 0.29) is 42.2 Å². The summed E-state index contributed by atoms with van der Waals surface area (Å²) in [6.45, 7) is 12.7. The molecule has 10 heteroatoms. The predicted molar refractivity (Wildman–Crippen MR) is 173 cm³/mol. The number of aromatic nitrogens is 1. The summed E-state index contributed by atoms with van der Waals surface area (Å²) in [7, 11) is 0. The van der Waals surface area contributed by atoms with Gasteiger partial charge in [-0.2, -0.15) is 0 Å². The number of thiazole rings is 1. The molecule has 1 aromatic heterocycles. The van der Waals surface area contributed by atoms with Crippen LogP contribution in [0.2, 0.25) is 0 Å². The maximum absolute atomic E-state index is 13.5. The number of nitrogens with zero attached hydrogens (tertiary/aromatic N) is 2. The molecule has 5 unspecified atom stereocenters. The summed E-state index contributed by atoms with van der Waals surface area (Å²) in [6, 6.07) is -0.920. The number of hydrogen-bond donors (Lipinski definition) is 4. The van der Waals surface area contributed by atoms with E-state index in [9.17, 15) is 19.5 Å². The lowest BCUT2D eigenvalue weighted by molar-refractivity contribution is -0.133. The Bertz CT molecular complexity index is 1140. The first-order valence-electron chi connectivity index (χ1n) is 16.0. The molecule has 2 fully saturated rings. The van der Waals surface area contributed by atoms with Gasteiger partial charge < -0.3 is 21.1 Å². The summed E-state index contributed by atoms with van der Waals surface area (Å²) in [5.74, 6) is 0.253. The Kier molecular flexibility index (Phi) is 13.4. The van der Waals surface area contributed by atoms with Crippen molar-refractivity contribution in [2.75, 3.05) is 19.6 Å². The van der Waals surface area contributed by atoms with Crippen LogP contribution in [0.15, 0.2) is 29.2 Å². The molecule has 2 heterocycles. The highest BCUT2D eigenvalue weighted by atomic mass is 32.1. The number of fused-ring (bicyclic) bond motifs is 1. The summed E-state index contributed by atoms with van der Waals surface area (Å²) in [4.78, 5) is 45.4. The van der Waals surface area contributed by atoms with Crippen molar-refractivity contribution in [2.24, 2.45) is 11.8 Å². The quantitative estimate of drug-likeness (QED) is 0.242. The summed E-state index contributed by atoms with van der Waals surface area (Å²) >= 11 is 1.38. The first-order valence-corrected chi connectivity index (χ1v) is 16.9. The molecule has 3 rings (SSSR count). The largest absolute Gasteiger partial charge is 0.390 e. The Labute approximate surface area is 262 Å². The molecule has 1 aliphatic heterocycles. The fourth-order valence-electron chi connectivity index (χ4n) is 6.26. The van der Waals surface area contributed by atoms with Gasteiger partial charge in [-0.1, -0.05) is 56.9 Å². The molecule has 1 saturated heterocycles. The molecule has 1 aliphatic carbocycles. The summed E-state index contributed by atoms with van der Waals surface area (Å²) in [5.41, 5.74) is 0.966. The van der Waals surface area contributed by atoms with E-state index in [1.807, 2.05) is 27.7 Å². The second kappa shape index (κ2) is 16.5. The van der Waals surface area contributed by atoms with Crippen LogP contribution >= 0.6 is 11.3 Å². The van der Waals surface area contributed by atoms with E-state index in [1.165, 1.54) is 24.2 Å². The zero-order chi connectivity index (χ0) is 31.6. The average molecular weight is 616 g/mol. The van der Waals surface area contributed by atoms with E-state index < -0.39 is 18.1 Å². The Balaban J connectivity index is 1.77. The molecule has 0 radical (unpaired) electrons. The number of aliphatic hydroxyl groups excluding tert-OH is 1. The number of likely N-dealkylation sites (tertiary alicyclic amines) is 1. The number of allylic oxidation sites excluding steroid dienone is 3. The van der Waals surface area contributed by atoms with Crippen molar-refractivity contribution in [3.8, 4) is 0 Å². The highest BCUT2D eigenvalue weighted by Crippen LogP contribution is 2.39. The van der Waals surface area contributed by atoms with Gasteiger partial charge in [-0.25, -0.2) is 4.98 Å². The number of nitrogens with one attached hydrogen (secondary N) is 3. The molecule has 240 valence electrons. The van der Waals surface area contributed by atoms with Gasteiger partial charge in [-0.15, -0.1) is 11.3 Å². The minimum absolute atomic E-state index is 0.00162. The Hall–Kier alpha value is -2.56. The highest BCUT2D eigenvalue weighted by molar-refractivity contribution is 7.09. The van der Waals surface area contributed by atoms with Crippen LogP contribution in [-0.2, 0) is 9.59 Å². The van der Waals surface area contributed by atoms with Crippen LogP contribution in [0.1, 0.15) is 101 Å². The molecule has 0 bridgehead atoms. The molecular weight excluding hydrogens is 562 g/mol. The van der Waals surface area contributed by atoms with Crippen molar-refractivity contribution < 1.29 is 19.5 Å². The standard InChI is InChI=1S/C33H53N5O4S/c1-7-9-13-23(12-8-2)16-26(36-30(40)18-34-31(41)27-21-43-22(3)35-27)29(39)20-38-19-25-15-11-10-14-24(25)17-28(38)32(42)37-33(4,5)6/h9,12-13,21,24-26,28-29,39H,7-8,10-11,14-20H2,1-6H3,(H,34,41)(H,36,40)(H,37,42)/b13-9-,23-12+. The van der Waals surface area contributed by atoms with Gasteiger partial charge in [-0.05, 0) is 71.6 Å². The number of piperidine rings is 1. The maximum atomic E-state index is 13.5. The molecule has 0 aromatic carbocycles. The summed E-state index contributed by atoms with van der Waals surface area (Å²) < 4.78 is 0. The Morgan fingerprint density at radius 1 is 1.16 bits per heavy atom. The van der Waals surface area contributed by atoms with Crippen LogP contribution in [0.5, 0.6) is 0 Å². The lowest BCUT2D eigenvalue weighted by Crippen LogP contribution is -2.60.